The number of aliphatic hydroxyl groups excluding tert-OH is 1. The molecule has 0 aliphatic heterocycles. The highest BCUT2D eigenvalue weighted by atomic mass is 16.5. The average Bonchev–Trinajstić information content (AvgIpc) is 2.47. The summed E-state index contributed by atoms with van der Waals surface area (Å²) in [4.78, 5) is 0. The Balaban J connectivity index is 2.47. The van der Waals surface area contributed by atoms with Crippen LogP contribution in [0.1, 0.15) is 17.2 Å². The van der Waals surface area contributed by atoms with E-state index >= 15 is 0 Å². The van der Waals surface area contributed by atoms with Crippen LogP contribution in [0, 0.1) is 0 Å². The van der Waals surface area contributed by atoms with Gasteiger partial charge in [-0.15, -0.1) is 0 Å². The molecule has 1 aliphatic carbocycles. The van der Waals surface area contributed by atoms with E-state index in [9.17, 15) is 5.11 Å². The lowest BCUT2D eigenvalue weighted by Gasteiger charge is -2.05. The largest absolute Gasteiger partial charge is 0.497 e. The van der Waals surface area contributed by atoms with E-state index in [-0.39, 0.29) is 0 Å². The van der Waals surface area contributed by atoms with Crippen LogP contribution >= 0.6 is 0 Å². The number of rotatable bonds is 1. The van der Waals surface area contributed by atoms with Crippen LogP contribution in [-0.4, -0.2) is 12.2 Å². The molecule has 0 saturated carbocycles. The normalized spacial score (nSPS) is 19.3. The van der Waals surface area contributed by atoms with Crippen molar-refractivity contribution in [3.8, 4) is 5.75 Å². The summed E-state index contributed by atoms with van der Waals surface area (Å²) in [6.45, 7) is 0. The molecule has 12 heavy (non-hydrogen) atoms. The highest BCUT2D eigenvalue weighted by molar-refractivity contribution is 5.63. The molecule has 2 rings (SSSR count). The van der Waals surface area contributed by atoms with E-state index in [1.54, 1.807) is 13.2 Å². The van der Waals surface area contributed by atoms with E-state index in [1.165, 1.54) is 0 Å². The molecule has 0 radical (unpaired) electrons. The van der Waals surface area contributed by atoms with Crippen LogP contribution in [0.3, 0.4) is 0 Å². The van der Waals surface area contributed by atoms with Crippen LogP contribution in [0.4, 0.5) is 0 Å². The average molecular weight is 162 g/mol. The summed E-state index contributed by atoms with van der Waals surface area (Å²) in [6.07, 6.45) is 3.23. The fourth-order valence-corrected chi connectivity index (χ4v) is 1.39. The first kappa shape index (κ1) is 7.37. The van der Waals surface area contributed by atoms with E-state index in [4.69, 9.17) is 4.74 Å². The third kappa shape index (κ3) is 1.01. The Labute approximate surface area is 71.1 Å². The molecule has 0 amide bonds. The predicted octanol–water partition coefficient (Wildman–Crippen LogP) is 1.76. The molecule has 1 unspecified atom stereocenters. The zero-order chi connectivity index (χ0) is 8.55. The zero-order valence-corrected chi connectivity index (χ0v) is 6.82. The van der Waals surface area contributed by atoms with Gasteiger partial charge in [-0.25, -0.2) is 0 Å². The standard InChI is InChI=1S/C10H10O2/c1-12-8-3-4-9-7(6-8)2-5-10(9)11/h2-6,10-11H,1H3. The number of aliphatic hydroxyl groups is 1. The van der Waals surface area contributed by atoms with Crippen molar-refractivity contribution in [2.75, 3.05) is 7.11 Å². The lowest BCUT2D eigenvalue weighted by atomic mass is 10.1. The van der Waals surface area contributed by atoms with E-state index in [0.717, 1.165) is 16.9 Å². The summed E-state index contributed by atoms with van der Waals surface area (Å²) >= 11 is 0. The summed E-state index contributed by atoms with van der Waals surface area (Å²) < 4.78 is 5.06. The second-order valence-corrected chi connectivity index (χ2v) is 2.80. The Kier molecular flexibility index (Phi) is 1.62. The third-order valence-corrected chi connectivity index (χ3v) is 2.07. The maximum atomic E-state index is 9.42. The Bertz CT molecular complexity index is 329. The van der Waals surface area contributed by atoms with Crippen molar-refractivity contribution in [3.05, 3.63) is 35.4 Å². The van der Waals surface area contributed by atoms with Crippen molar-refractivity contribution >= 4 is 6.08 Å². The van der Waals surface area contributed by atoms with Gasteiger partial charge in [-0.3, -0.25) is 0 Å². The van der Waals surface area contributed by atoms with E-state index in [0.29, 0.717) is 0 Å². The van der Waals surface area contributed by atoms with Crippen molar-refractivity contribution < 1.29 is 9.84 Å². The maximum absolute atomic E-state index is 9.42. The van der Waals surface area contributed by atoms with Crippen LogP contribution < -0.4 is 4.74 Å². The van der Waals surface area contributed by atoms with Crippen LogP contribution in [0.2, 0.25) is 0 Å². The molecule has 1 aliphatic rings. The van der Waals surface area contributed by atoms with E-state index in [1.807, 2.05) is 24.3 Å². The number of fused-ring (bicyclic) bond motifs is 1. The second kappa shape index (κ2) is 2.64. The molecule has 0 fully saturated rings. The first-order chi connectivity index (χ1) is 5.81. The van der Waals surface area contributed by atoms with Gasteiger partial charge >= 0.3 is 0 Å². The molecule has 2 nitrogen and oxygen atoms in total. The first-order valence-electron chi connectivity index (χ1n) is 3.85. The van der Waals surface area contributed by atoms with Gasteiger partial charge in [0.1, 0.15) is 5.75 Å². The minimum atomic E-state index is -0.439. The van der Waals surface area contributed by atoms with Gasteiger partial charge in [0, 0.05) is 0 Å². The SMILES string of the molecule is COc1ccc2c(c1)C=CC2O. The summed E-state index contributed by atoms with van der Waals surface area (Å²) in [5.74, 6) is 0.826. The number of ether oxygens (including phenoxy) is 1. The third-order valence-electron chi connectivity index (χ3n) is 2.07. The Hall–Kier alpha value is -1.28. The summed E-state index contributed by atoms with van der Waals surface area (Å²) in [5.41, 5.74) is 2.00. The molecule has 1 N–H and O–H groups in total. The van der Waals surface area contributed by atoms with Crippen molar-refractivity contribution in [2.24, 2.45) is 0 Å². The lowest BCUT2D eigenvalue weighted by molar-refractivity contribution is 0.232. The lowest BCUT2D eigenvalue weighted by Crippen LogP contribution is -1.91. The maximum Gasteiger partial charge on any atom is 0.119 e. The minimum absolute atomic E-state index is 0.439. The van der Waals surface area contributed by atoms with Gasteiger partial charge in [-0.05, 0) is 23.3 Å². The van der Waals surface area contributed by atoms with E-state index in [2.05, 4.69) is 0 Å². The van der Waals surface area contributed by atoms with Crippen molar-refractivity contribution in [2.45, 2.75) is 6.10 Å². The highest BCUT2D eigenvalue weighted by Gasteiger charge is 2.13. The fourth-order valence-electron chi connectivity index (χ4n) is 1.39. The Morgan fingerprint density at radius 3 is 3.00 bits per heavy atom. The predicted molar refractivity (Wildman–Crippen MR) is 47.0 cm³/mol. The van der Waals surface area contributed by atoms with E-state index < -0.39 is 6.10 Å². The molecule has 0 saturated heterocycles. The molecular formula is C10H10O2. The smallest absolute Gasteiger partial charge is 0.119 e. The number of hydrogen-bond donors (Lipinski definition) is 1. The molecule has 1 aromatic rings. The quantitative estimate of drug-likeness (QED) is 0.681. The fraction of sp³-hybridized carbons (Fsp3) is 0.200. The number of benzene rings is 1. The molecule has 0 aromatic heterocycles. The van der Waals surface area contributed by atoms with Gasteiger partial charge in [0.15, 0.2) is 0 Å². The second-order valence-electron chi connectivity index (χ2n) is 2.80. The van der Waals surface area contributed by atoms with Gasteiger partial charge < -0.3 is 9.84 Å². The zero-order valence-electron chi connectivity index (χ0n) is 6.82. The summed E-state index contributed by atoms with van der Waals surface area (Å²) in [5, 5.41) is 9.42. The molecule has 0 heterocycles. The molecule has 0 bridgehead atoms. The number of hydrogen-bond acceptors (Lipinski definition) is 2. The molecule has 62 valence electrons. The summed E-state index contributed by atoms with van der Waals surface area (Å²) in [6, 6.07) is 5.66. The van der Waals surface area contributed by atoms with Crippen molar-refractivity contribution in [1.82, 2.24) is 0 Å². The topological polar surface area (TPSA) is 29.5 Å². The monoisotopic (exact) mass is 162 g/mol. The minimum Gasteiger partial charge on any atom is -0.497 e. The van der Waals surface area contributed by atoms with Crippen molar-refractivity contribution in [1.29, 1.82) is 0 Å². The number of methoxy groups -OCH3 is 1. The Morgan fingerprint density at radius 1 is 1.42 bits per heavy atom. The molecule has 1 aromatic carbocycles. The molecule has 2 heteroatoms. The molecular weight excluding hydrogens is 152 g/mol. The highest BCUT2D eigenvalue weighted by Crippen LogP contribution is 2.30. The van der Waals surface area contributed by atoms with Gasteiger partial charge in [-0.2, -0.15) is 0 Å². The van der Waals surface area contributed by atoms with Gasteiger partial charge in [0.05, 0.1) is 13.2 Å². The van der Waals surface area contributed by atoms with Gasteiger partial charge in [0.25, 0.3) is 0 Å². The van der Waals surface area contributed by atoms with Gasteiger partial charge in [-0.1, -0.05) is 18.2 Å². The molecule has 0 spiro atoms. The summed E-state index contributed by atoms with van der Waals surface area (Å²) in [7, 11) is 1.64. The van der Waals surface area contributed by atoms with Crippen molar-refractivity contribution in [3.63, 3.8) is 0 Å². The Morgan fingerprint density at radius 2 is 2.25 bits per heavy atom. The van der Waals surface area contributed by atoms with Crippen LogP contribution in [0.5, 0.6) is 5.75 Å². The molecule has 1 atom stereocenters. The first-order valence-corrected chi connectivity index (χ1v) is 3.85. The van der Waals surface area contributed by atoms with Crippen LogP contribution in [0.15, 0.2) is 24.3 Å². The van der Waals surface area contributed by atoms with Crippen LogP contribution in [0.25, 0.3) is 6.08 Å². The van der Waals surface area contributed by atoms with Crippen LogP contribution in [-0.2, 0) is 0 Å². The van der Waals surface area contributed by atoms with Gasteiger partial charge in [0.2, 0.25) is 0 Å².